The Balaban J connectivity index is 1.40. The summed E-state index contributed by atoms with van der Waals surface area (Å²) in [6.07, 6.45) is 2.97. The van der Waals surface area contributed by atoms with E-state index in [-0.39, 0.29) is 5.91 Å². The maximum atomic E-state index is 12.4. The number of nitrogens with one attached hydrogen (secondary N) is 1. The lowest BCUT2D eigenvalue weighted by atomic mass is 10.0. The minimum Gasteiger partial charge on any atom is -0.302 e. The van der Waals surface area contributed by atoms with E-state index in [9.17, 15) is 4.79 Å². The summed E-state index contributed by atoms with van der Waals surface area (Å²) >= 11 is 1.54. The van der Waals surface area contributed by atoms with Gasteiger partial charge in [-0.25, -0.2) is 4.98 Å². The van der Waals surface area contributed by atoms with Crippen LogP contribution in [0, 0.1) is 13.8 Å². The van der Waals surface area contributed by atoms with Crippen molar-refractivity contribution in [2.75, 3.05) is 11.9 Å². The molecule has 140 valence electrons. The Morgan fingerprint density at radius 1 is 1.19 bits per heavy atom. The Morgan fingerprint density at radius 2 is 1.96 bits per heavy atom. The van der Waals surface area contributed by atoms with Gasteiger partial charge in [-0.05, 0) is 43.0 Å². The number of hydrogen-bond donors (Lipinski definition) is 1. The monoisotopic (exact) mass is 379 g/mol. The molecule has 0 radical (unpaired) electrons. The number of benzene rings is 2. The molecule has 4 nitrogen and oxygen atoms in total. The molecule has 27 heavy (non-hydrogen) atoms. The van der Waals surface area contributed by atoms with Crippen LogP contribution in [-0.2, 0) is 11.3 Å². The Hall–Kier alpha value is -2.24. The predicted octanol–water partition coefficient (Wildman–Crippen LogP) is 4.91. The summed E-state index contributed by atoms with van der Waals surface area (Å²) in [6, 6.07) is 15.6. The average Bonchev–Trinajstić information content (AvgIpc) is 3.45. The molecule has 0 unspecified atom stereocenters. The summed E-state index contributed by atoms with van der Waals surface area (Å²) in [5, 5.41) is 6.25. The zero-order valence-corrected chi connectivity index (χ0v) is 16.7. The molecule has 2 aromatic carbocycles. The van der Waals surface area contributed by atoms with E-state index >= 15 is 0 Å². The minimum absolute atomic E-state index is 0.0484. The van der Waals surface area contributed by atoms with Crippen LogP contribution in [0.4, 0.5) is 5.13 Å². The van der Waals surface area contributed by atoms with E-state index in [2.05, 4.69) is 57.7 Å². The highest BCUT2D eigenvalue weighted by Crippen LogP contribution is 2.30. The molecule has 0 spiro atoms. The van der Waals surface area contributed by atoms with Crippen LogP contribution in [0.1, 0.15) is 35.4 Å². The largest absolute Gasteiger partial charge is 0.302 e. The molecule has 0 atom stereocenters. The topological polar surface area (TPSA) is 45.2 Å². The molecule has 1 aliphatic rings. The smallest absolute Gasteiger partial charge is 0.227 e. The lowest BCUT2D eigenvalue weighted by molar-refractivity contribution is -0.116. The predicted molar refractivity (Wildman–Crippen MR) is 112 cm³/mol. The molecule has 1 aliphatic carbocycles. The third-order valence-electron chi connectivity index (χ3n) is 5.22. The molecule has 1 aromatic heterocycles. The fourth-order valence-electron chi connectivity index (χ4n) is 3.43. The Morgan fingerprint density at radius 3 is 2.70 bits per heavy atom. The molecule has 5 heteroatoms. The van der Waals surface area contributed by atoms with Crippen LogP contribution in [0.2, 0.25) is 0 Å². The molecule has 0 aliphatic heterocycles. The molecule has 0 saturated heterocycles. The summed E-state index contributed by atoms with van der Waals surface area (Å²) in [4.78, 5) is 20.4. The standard InChI is InChI=1S/C22H25N3OS/c1-15-16(2)27-22(23-15)24-21(26)12-13-25(19-10-11-19)14-18-8-5-7-17-6-3-4-9-20(17)18/h3-9,19H,10-14H2,1-2H3,(H,23,24,26). The molecule has 1 saturated carbocycles. The second-order valence-electron chi connectivity index (χ2n) is 7.30. The number of thiazole rings is 1. The molecule has 4 rings (SSSR count). The number of rotatable bonds is 7. The van der Waals surface area contributed by atoms with Crippen LogP contribution in [0.5, 0.6) is 0 Å². The van der Waals surface area contributed by atoms with Crippen molar-refractivity contribution in [2.45, 2.75) is 45.7 Å². The van der Waals surface area contributed by atoms with Crippen molar-refractivity contribution in [1.29, 1.82) is 0 Å². The highest BCUT2D eigenvalue weighted by atomic mass is 32.1. The van der Waals surface area contributed by atoms with Gasteiger partial charge in [0.2, 0.25) is 5.91 Å². The summed E-state index contributed by atoms with van der Waals surface area (Å²) in [5.41, 5.74) is 2.33. The van der Waals surface area contributed by atoms with Crippen molar-refractivity contribution < 1.29 is 4.79 Å². The van der Waals surface area contributed by atoms with Gasteiger partial charge >= 0.3 is 0 Å². The molecule has 1 fully saturated rings. The molecule has 3 aromatic rings. The van der Waals surface area contributed by atoms with Gasteiger partial charge < -0.3 is 5.32 Å². The Labute approximate surface area is 164 Å². The molecule has 0 bridgehead atoms. The fraction of sp³-hybridized carbons (Fsp3) is 0.364. The SMILES string of the molecule is Cc1nc(NC(=O)CCN(Cc2cccc3ccccc23)C2CC2)sc1C. The van der Waals surface area contributed by atoms with Gasteiger partial charge in [-0.1, -0.05) is 42.5 Å². The van der Waals surface area contributed by atoms with Gasteiger partial charge in [0.1, 0.15) is 0 Å². The van der Waals surface area contributed by atoms with Crippen LogP contribution in [0.25, 0.3) is 10.8 Å². The van der Waals surface area contributed by atoms with Gasteiger partial charge in [-0.15, -0.1) is 11.3 Å². The maximum Gasteiger partial charge on any atom is 0.227 e. The highest BCUT2D eigenvalue weighted by molar-refractivity contribution is 7.15. The van der Waals surface area contributed by atoms with E-state index in [1.54, 1.807) is 11.3 Å². The van der Waals surface area contributed by atoms with Gasteiger partial charge in [0, 0.05) is 30.4 Å². The second kappa shape index (κ2) is 7.79. The molecular formula is C22H25N3OS. The van der Waals surface area contributed by atoms with Gasteiger partial charge in [0.15, 0.2) is 5.13 Å². The first kappa shape index (κ1) is 18.1. The second-order valence-corrected chi connectivity index (χ2v) is 8.50. The number of nitrogens with zero attached hydrogens (tertiary/aromatic N) is 2. The van der Waals surface area contributed by atoms with Crippen molar-refractivity contribution in [3.8, 4) is 0 Å². The molecule has 1 N–H and O–H groups in total. The maximum absolute atomic E-state index is 12.4. The Bertz CT molecular complexity index is 936. The number of carbonyl (C=O) groups excluding carboxylic acids is 1. The van der Waals surface area contributed by atoms with Gasteiger partial charge in [-0.2, -0.15) is 0 Å². The van der Waals surface area contributed by atoms with E-state index in [0.717, 1.165) is 23.7 Å². The van der Waals surface area contributed by atoms with Gasteiger partial charge in [0.05, 0.1) is 5.69 Å². The van der Waals surface area contributed by atoms with E-state index in [0.29, 0.717) is 17.6 Å². The summed E-state index contributed by atoms with van der Waals surface area (Å²) in [5.74, 6) is 0.0484. The van der Waals surface area contributed by atoms with Crippen molar-refractivity contribution in [1.82, 2.24) is 9.88 Å². The zero-order valence-electron chi connectivity index (χ0n) is 15.9. The first-order valence-electron chi connectivity index (χ1n) is 9.55. The van der Waals surface area contributed by atoms with Crippen LogP contribution < -0.4 is 5.32 Å². The summed E-state index contributed by atoms with van der Waals surface area (Å²) in [6.45, 7) is 5.68. The van der Waals surface area contributed by atoms with Crippen molar-refractivity contribution in [2.24, 2.45) is 0 Å². The van der Waals surface area contributed by atoms with Gasteiger partial charge in [0.25, 0.3) is 0 Å². The first-order valence-corrected chi connectivity index (χ1v) is 10.4. The van der Waals surface area contributed by atoms with Crippen LogP contribution in [-0.4, -0.2) is 28.4 Å². The quantitative estimate of drug-likeness (QED) is 0.635. The highest BCUT2D eigenvalue weighted by Gasteiger charge is 2.29. The number of carbonyl (C=O) groups is 1. The van der Waals surface area contributed by atoms with E-state index < -0.39 is 0 Å². The molecule has 1 heterocycles. The first-order chi connectivity index (χ1) is 13.1. The summed E-state index contributed by atoms with van der Waals surface area (Å²) in [7, 11) is 0. The number of amides is 1. The van der Waals surface area contributed by atoms with E-state index in [1.807, 2.05) is 13.8 Å². The zero-order chi connectivity index (χ0) is 18.8. The minimum atomic E-state index is 0.0484. The average molecular weight is 380 g/mol. The lowest BCUT2D eigenvalue weighted by Gasteiger charge is -2.22. The van der Waals surface area contributed by atoms with E-state index in [4.69, 9.17) is 0 Å². The number of fused-ring (bicyclic) bond motifs is 1. The van der Waals surface area contributed by atoms with Crippen molar-refractivity contribution >= 4 is 33.1 Å². The van der Waals surface area contributed by atoms with Crippen LogP contribution in [0.15, 0.2) is 42.5 Å². The van der Waals surface area contributed by atoms with Crippen LogP contribution >= 0.6 is 11.3 Å². The molecule has 1 amide bonds. The third-order valence-corrected chi connectivity index (χ3v) is 6.21. The van der Waals surface area contributed by atoms with Gasteiger partial charge in [-0.3, -0.25) is 9.69 Å². The number of hydrogen-bond acceptors (Lipinski definition) is 4. The number of anilines is 1. The lowest BCUT2D eigenvalue weighted by Crippen LogP contribution is -2.29. The molecular weight excluding hydrogens is 354 g/mol. The van der Waals surface area contributed by atoms with Crippen molar-refractivity contribution in [3.63, 3.8) is 0 Å². The number of aryl methyl sites for hydroxylation is 2. The normalized spacial score (nSPS) is 14.0. The fourth-order valence-corrected chi connectivity index (χ4v) is 4.26. The summed E-state index contributed by atoms with van der Waals surface area (Å²) < 4.78 is 0. The van der Waals surface area contributed by atoms with Crippen molar-refractivity contribution in [3.05, 3.63) is 58.6 Å². The van der Waals surface area contributed by atoms with E-state index in [1.165, 1.54) is 29.2 Å². The number of aromatic nitrogens is 1. The van der Waals surface area contributed by atoms with Crippen LogP contribution in [0.3, 0.4) is 0 Å². The Kier molecular flexibility index (Phi) is 5.23. The third kappa shape index (κ3) is 4.37.